The Hall–Kier alpha value is -0.590. The van der Waals surface area contributed by atoms with Crippen LogP contribution in [0.3, 0.4) is 0 Å². The summed E-state index contributed by atoms with van der Waals surface area (Å²) in [5.41, 5.74) is 0.448. The summed E-state index contributed by atoms with van der Waals surface area (Å²) in [6.45, 7) is 2.44. The van der Waals surface area contributed by atoms with Gasteiger partial charge in [0.15, 0.2) is 0 Å². The van der Waals surface area contributed by atoms with Crippen LogP contribution in [0.25, 0.3) is 0 Å². The van der Waals surface area contributed by atoms with Gasteiger partial charge in [-0.15, -0.1) is 0 Å². The number of hydrogen-bond donors (Lipinski definition) is 0. The molecule has 2 fully saturated rings. The second kappa shape index (κ2) is 3.20. The highest BCUT2D eigenvalue weighted by Gasteiger charge is 2.51. The van der Waals surface area contributed by atoms with E-state index >= 15 is 0 Å². The molecule has 2 saturated carbocycles. The van der Waals surface area contributed by atoms with Crippen molar-refractivity contribution < 1.29 is 4.79 Å². The molecule has 0 aromatic heterocycles. The largest absolute Gasteiger partial charge is 0.300 e. The molecule has 82 valence electrons. The van der Waals surface area contributed by atoms with Gasteiger partial charge in [0.2, 0.25) is 0 Å². The highest BCUT2D eigenvalue weighted by molar-refractivity contribution is 5.81. The van der Waals surface area contributed by atoms with Gasteiger partial charge >= 0.3 is 0 Å². The van der Waals surface area contributed by atoms with E-state index in [2.05, 4.69) is 19.1 Å². The van der Waals surface area contributed by atoms with Crippen molar-refractivity contribution in [1.82, 2.24) is 0 Å². The number of Topliss-reactive ketones (excluding diaryl/α,β-unsaturated/α-hetero) is 1. The molecular formula is C14H20O. The van der Waals surface area contributed by atoms with Crippen molar-refractivity contribution in [3.8, 4) is 0 Å². The molecular weight excluding hydrogens is 184 g/mol. The van der Waals surface area contributed by atoms with Gasteiger partial charge in [-0.25, -0.2) is 0 Å². The number of rotatable bonds is 0. The third-order valence-corrected chi connectivity index (χ3v) is 5.27. The molecule has 15 heavy (non-hydrogen) atoms. The second-order valence-electron chi connectivity index (χ2n) is 5.97. The van der Waals surface area contributed by atoms with Gasteiger partial charge < -0.3 is 0 Å². The topological polar surface area (TPSA) is 17.1 Å². The first kappa shape index (κ1) is 9.62. The van der Waals surface area contributed by atoms with Crippen molar-refractivity contribution in [2.24, 2.45) is 23.2 Å². The average Bonchev–Trinajstić information content (AvgIpc) is 2.59. The Balaban J connectivity index is 1.93. The summed E-state index contributed by atoms with van der Waals surface area (Å²) in [7, 11) is 0. The highest BCUT2D eigenvalue weighted by Crippen LogP contribution is 2.57. The van der Waals surface area contributed by atoms with Crippen LogP contribution in [0.15, 0.2) is 12.2 Å². The Bertz CT molecular complexity index is 317. The van der Waals surface area contributed by atoms with E-state index < -0.39 is 0 Å². The lowest BCUT2D eigenvalue weighted by Gasteiger charge is -2.49. The van der Waals surface area contributed by atoms with Gasteiger partial charge in [0.1, 0.15) is 5.78 Å². The Kier molecular flexibility index (Phi) is 2.05. The van der Waals surface area contributed by atoms with Gasteiger partial charge in [0.25, 0.3) is 0 Å². The van der Waals surface area contributed by atoms with E-state index in [-0.39, 0.29) is 0 Å². The fraction of sp³-hybridized carbons (Fsp3) is 0.786. The SMILES string of the molecule is CC12CCC=CC1CCC1CC(=O)CC12. The number of hydrogen-bond acceptors (Lipinski definition) is 1. The van der Waals surface area contributed by atoms with Crippen LogP contribution in [-0.2, 0) is 4.79 Å². The predicted molar refractivity (Wildman–Crippen MR) is 60.4 cm³/mol. The van der Waals surface area contributed by atoms with E-state index in [4.69, 9.17) is 0 Å². The molecule has 3 aliphatic rings. The first-order chi connectivity index (χ1) is 7.20. The van der Waals surface area contributed by atoms with Gasteiger partial charge in [-0.1, -0.05) is 19.1 Å². The van der Waals surface area contributed by atoms with Crippen molar-refractivity contribution >= 4 is 5.78 Å². The van der Waals surface area contributed by atoms with E-state index in [9.17, 15) is 4.79 Å². The molecule has 0 N–H and O–H groups in total. The molecule has 0 aromatic rings. The summed E-state index contributed by atoms with van der Waals surface area (Å²) in [4.78, 5) is 11.6. The van der Waals surface area contributed by atoms with Gasteiger partial charge in [-0.3, -0.25) is 4.79 Å². The molecule has 3 aliphatic carbocycles. The molecule has 3 rings (SSSR count). The lowest BCUT2D eigenvalue weighted by molar-refractivity contribution is -0.118. The molecule has 0 heterocycles. The van der Waals surface area contributed by atoms with Crippen LogP contribution in [-0.4, -0.2) is 5.78 Å². The third kappa shape index (κ3) is 1.32. The minimum atomic E-state index is 0.448. The molecule has 1 nitrogen and oxygen atoms in total. The Morgan fingerprint density at radius 2 is 2.20 bits per heavy atom. The lowest BCUT2D eigenvalue weighted by Crippen LogP contribution is -2.41. The maximum Gasteiger partial charge on any atom is 0.133 e. The lowest BCUT2D eigenvalue weighted by atomic mass is 9.55. The molecule has 4 atom stereocenters. The van der Waals surface area contributed by atoms with E-state index in [1.54, 1.807) is 0 Å². The monoisotopic (exact) mass is 204 g/mol. The summed E-state index contributed by atoms with van der Waals surface area (Å²) in [6, 6.07) is 0. The first-order valence-electron chi connectivity index (χ1n) is 6.38. The van der Waals surface area contributed by atoms with Crippen molar-refractivity contribution in [2.75, 3.05) is 0 Å². The fourth-order valence-electron chi connectivity index (χ4n) is 4.34. The molecule has 4 unspecified atom stereocenters. The van der Waals surface area contributed by atoms with Crippen LogP contribution in [0.4, 0.5) is 0 Å². The number of allylic oxidation sites excluding steroid dienone is 2. The fourth-order valence-corrected chi connectivity index (χ4v) is 4.34. The van der Waals surface area contributed by atoms with Gasteiger partial charge in [-0.2, -0.15) is 0 Å². The molecule has 0 spiro atoms. The van der Waals surface area contributed by atoms with Gasteiger partial charge in [-0.05, 0) is 48.9 Å². The zero-order valence-corrected chi connectivity index (χ0v) is 9.54. The van der Waals surface area contributed by atoms with Crippen molar-refractivity contribution in [3.63, 3.8) is 0 Å². The van der Waals surface area contributed by atoms with Crippen molar-refractivity contribution in [1.29, 1.82) is 0 Å². The molecule has 0 amide bonds. The zero-order valence-electron chi connectivity index (χ0n) is 9.54. The Morgan fingerprint density at radius 3 is 3.07 bits per heavy atom. The first-order valence-corrected chi connectivity index (χ1v) is 6.38. The van der Waals surface area contributed by atoms with E-state index in [0.29, 0.717) is 17.1 Å². The number of carbonyl (C=O) groups excluding carboxylic acids is 1. The standard InChI is InChI=1S/C14H20O/c1-14-7-3-2-4-11(14)6-5-10-8-12(15)9-13(10)14/h2,4,10-11,13H,3,5-9H2,1H3. The predicted octanol–water partition coefficient (Wildman–Crippen LogP) is 3.35. The van der Waals surface area contributed by atoms with Gasteiger partial charge in [0, 0.05) is 12.8 Å². The van der Waals surface area contributed by atoms with Crippen LogP contribution < -0.4 is 0 Å². The Labute approximate surface area is 91.9 Å². The van der Waals surface area contributed by atoms with Crippen LogP contribution in [0.1, 0.15) is 45.4 Å². The summed E-state index contributed by atoms with van der Waals surface area (Å²) in [5.74, 6) is 2.72. The smallest absolute Gasteiger partial charge is 0.133 e. The van der Waals surface area contributed by atoms with E-state index in [1.807, 2.05) is 0 Å². The molecule has 1 heteroatoms. The Morgan fingerprint density at radius 1 is 1.33 bits per heavy atom. The van der Waals surface area contributed by atoms with Crippen LogP contribution in [0.2, 0.25) is 0 Å². The normalized spacial score (nSPS) is 48.9. The quantitative estimate of drug-likeness (QED) is 0.553. The zero-order chi connectivity index (χ0) is 10.5. The molecule has 0 bridgehead atoms. The average molecular weight is 204 g/mol. The minimum absolute atomic E-state index is 0.448. The number of carbonyl (C=O) groups is 1. The third-order valence-electron chi connectivity index (χ3n) is 5.27. The summed E-state index contributed by atoms with van der Waals surface area (Å²) in [5, 5.41) is 0. The van der Waals surface area contributed by atoms with Crippen LogP contribution in [0.5, 0.6) is 0 Å². The maximum atomic E-state index is 11.6. The summed E-state index contributed by atoms with van der Waals surface area (Å²) < 4.78 is 0. The van der Waals surface area contributed by atoms with Crippen molar-refractivity contribution in [2.45, 2.75) is 45.4 Å². The molecule has 0 radical (unpaired) electrons. The molecule has 0 aromatic carbocycles. The van der Waals surface area contributed by atoms with Crippen LogP contribution >= 0.6 is 0 Å². The summed E-state index contributed by atoms with van der Waals surface area (Å²) in [6.07, 6.45) is 11.7. The van der Waals surface area contributed by atoms with E-state index in [1.165, 1.54) is 25.7 Å². The van der Waals surface area contributed by atoms with Gasteiger partial charge in [0.05, 0.1) is 0 Å². The highest BCUT2D eigenvalue weighted by atomic mass is 16.1. The minimum Gasteiger partial charge on any atom is -0.300 e. The second-order valence-corrected chi connectivity index (χ2v) is 5.97. The maximum absolute atomic E-state index is 11.6. The number of fused-ring (bicyclic) bond motifs is 3. The summed E-state index contributed by atoms with van der Waals surface area (Å²) >= 11 is 0. The van der Waals surface area contributed by atoms with Crippen molar-refractivity contribution in [3.05, 3.63) is 12.2 Å². The van der Waals surface area contributed by atoms with Crippen LogP contribution in [0, 0.1) is 23.2 Å². The molecule has 0 saturated heterocycles. The molecule has 0 aliphatic heterocycles. The van der Waals surface area contributed by atoms with E-state index in [0.717, 1.165) is 24.7 Å². The number of ketones is 1.